The Hall–Kier alpha value is -1.91. The second-order valence-electron chi connectivity index (χ2n) is 6.57. The van der Waals surface area contributed by atoms with Gasteiger partial charge in [0, 0.05) is 37.9 Å². The van der Waals surface area contributed by atoms with Crippen LogP contribution in [0.5, 0.6) is 0 Å². The molecule has 0 spiro atoms. The Kier molecular flexibility index (Phi) is 6.76. The SMILES string of the molecule is CCCCN(C)C(=O)c1ccnc(C(=O)N2CCCCC2CC)c1. The molecule has 0 bridgehead atoms. The molecule has 0 N–H and O–H groups in total. The lowest BCUT2D eigenvalue weighted by molar-refractivity contribution is 0.0602. The topological polar surface area (TPSA) is 53.5 Å². The van der Waals surface area contributed by atoms with Crippen molar-refractivity contribution in [2.24, 2.45) is 0 Å². The number of piperidine rings is 1. The minimum Gasteiger partial charge on any atom is -0.342 e. The predicted molar refractivity (Wildman–Crippen MR) is 95.1 cm³/mol. The number of aromatic nitrogens is 1. The predicted octanol–water partition coefficient (Wildman–Crippen LogP) is 3.36. The second kappa shape index (κ2) is 8.81. The minimum atomic E-state index is -0.0504. The van der Waals surface area contributed by atoms with E-state index in [1.165, 1.54) is 6.42 Å². The summed E-state index contributed by atoms with van der Waals surface area (Å²) < 4.78 is 0. The third kappa shape index (κ3) is 4.34. The molecule has 2 heterocycles. The monoisotopic (exact) mass is 331 g/mol. The zero-order valence-electron chi connectivity index (χ0n) is 15.1. The average molecular weight is 331 g/mol. The number of likely N-dealkylation sites (tertiary alicyclic amines) is 1. The zero-order chi connectivity index (χ0) is 17.5. The molecule has 1 aliphatic heterocycles. The Morgan fingerprint density at radius 2 is 2.12 bits per heavy atom. The normalized spacial score (nSPS) is 17.6. The van der Waals surface area contributed by atoms with Gasteiger partial charge < -0.3 is 9.80 Å². The smallest absolute Gasteiger partial charge is 0.272 e. The number of unbranched alkanes of at least 4 members (excludes halogenated alkanes) is 1. The van der Waals surface area contributed by atoms with Gasteiger partial charge in [0.1, 0.15) is 5.69 Å². The Bertz CT molecular complexity index is 573. The van der Waals surface area contributed by atoms with E-state index >= 15 is 0 Å². The molecule has 1 atom stereocenters. The quantitative estimate of drug-likeness (QED) is 0.803. The molecule has 1 aliphatic rings. The van der Waals surface area contributed by atoms with Crippen molar-refractivity contribution in [2.75, 3.05) is 20.1 Å². The van der Waals surface area contributed by atoms with Crippen LogP contribution in [-0.2, 0) is 0 Å². The lowest BCUT2D eigenvalue weighted by atomic mass is 9.99. The Morgan fingerprint density at radius 3 is 2.83 bits per heavy atom. The number of hydrogen-bond donors (Lipinski definition) is 0. The second-order valence-corrected chi connectivity index (χ2v) is 6.57. The Balaban J connectivity index is 2.14. The van der Waals surface area contributed by atoms with Gasteiger partial charge in [0.05, 0.1) is 0 Å². The van der Waals surface area contributed by atoms with Gasteiger partial charge in [-0.1, -0.05) is 20.3 Å². The number of amides is 2. The van der Waals surface area contributed by atoms with Crippen LogP contribution in [0.1, 0.15) is 73.2 Å². The van der Waals surface area contributed by atoms with E-state index in [0.717, 1.165) is 45.2 Å². The van der Waals surface area contributed by atoms with Crippen LogP contribution in [0.3, 0.4) is 0 Å². The number of pyridine rings is 1. The van der Waals surface area contributed by atoms with Crippen molar-refractivity contribution in [3.05, 3.63) is 29.6 Å². The fourth-order valence-corrected chi connectivity index (χ4v) is 3.24. The molecule has 2 amide bonds. The molecule has 0 aliphatic carbocycles. The van der Waals surface area contributed by atoms with Crippen LogP contribution < -0.4 is 0 Å². The van der Waals surface area contributed by atoms with Crippen LogP contribution >= 0.6 is 0 Å². The fraction of sp³-hybridized carbons (Fsp3) is 0.632. The van der Waals surface area contributed by atoms with E-state index in [2.05, 4.69) is 18.8 Å². The Labute approximate surface area is 145 Å². The van der Waals surface area contributed by atoms with E-state index in [1.54, 1.807) is 30.3 Å². The molecule has 1 aromatic rings. The molecule has 0 aromatic carbocycles. The van der Waals surface area contributed by atoms with Crippen LogP contribution in [0.25, 0.3) is 0 Å². The summed E-state index contributed by atoms with van der Waals surface area (Å²) in [5.41, 5.74) is 0.919. The van der Waals surface area contributed by atoms with Crippen LogP contribution in [0.15, 0.2) is 18.3 Å². The van der Waals surface area contributed by atoms with Crippen LogP contribution in [0.2, 0.25) is 0 Å². The first-order chi connectivity index (χ1) is 11.6. The van der Waals surface area contributed by atoms with Gasteiger partial charge in [-0.15, -0.1) is 0 Å². The molecule has 132 valence electrons. The van der Waals surface area contributed by atoms with E-state index < -0.39 is 0 Å². The number of hydrogen-bond acceptors (Lipinski definition) is 3. The van der Waals surface area contributed by atoms with Gasteiger partial charge >= 0.3 is 0 Å². The molecule has 0 saturated carbocycles. The largest absolute Gasteiger partial charge is 0.342 e. The highest BCUT2D eigenvalue weighted by Crippen LogP contribution is 2.21. The average Bonchev–Trinajstić information content (AvgIpc) is 2.64. The third-order valence-corrected chi connectivity index (χ3v) is 4.78. The van der Waals surface area contributed by atoms with Gasteiger partial charge in [-0.25, -0.2) is 0 Å². The van der Waals surface area contributed by atoms with Gasteiger partial charge in [-0.3, -0.25) is 14.6 Å². The first-order valence-electron chi connectivity index (χ1n) is 9.11. The highest BCUT2D eigenvalue weighted by Gasteiger charge is 2.27. The molecule has 0 radical (unpaired) electrons. The van der Waals surface area contributed by atoms with E-state index in [4.69, 9.17) is 0 Å². The van der Waals surface area contributed by atoms with Crippen molar-refractivity contribution in [1.29, 1.82) is 0 Å². The molecular formula is C19H29N3O2. The van der Waals surface area contributed by atoms with E-state index in [1.807, 2.05) is 4.90 Å². The number of carbonyl (C=O) groups is 2. The van der Waals surface area contributed by atoms with Crippen molar-refractivity contribution in [2.45, 2.75) is 58.4 Å². The van der Waals surface area contributed by atoms with E-state index in [-0.39, 0.29) is 11.8 Å². The van der Waals surface area contributed by atoms with Crippen LogP contribution in [-0.4, -0.2) is 52.8 Å². The summed E-state index contributed by atoms with van der Waals surface area (Å²) in [7, 11) is 1.80. The van der Waals surface area contributed by atoms with Gasteiger partial charge in [-0.2, -0.15) is 0 Å². The summed E-state index contributed by atoms with van der Waals surface area (Å²) in [6.45, 7) is 5.73. The molecule has 24 heavy (non-hydrogen) atoms. The Morgan fingerprint density at radius 1 is 1.33 bits per heavy atom. The molecule has 1 aromatic heterocycles. The first kappa shape index (κ1) is 18.4. The lowest BCUT2D eigenvalue weighted by Crippen LogP contribution is -2.43. The summed E-state index contributed by atoms with van der Waals surface area (Å²) in [4.78, 5) is 33.2. The maximum atomic E-state index is 12.8. The summed E-state index contributed by atoms with van der Waals surface area (Å²) in [5, 5.41) is 0. The summed E-state index contributed by atoms with van der Waals surface area (Å²) in [5.74, 6) is -0.0991. The zero-order valence-corrected chi connectivity index (χ0v) is 15.1. The number of nitrogens with zero attached hydrogens (tertiary/aromatic N) is 3. The summed E-state index contributed by atoms with van der Waals surface area (Å²) >= 11 is 0. The van der Waals surface area contributed by atoms with Crippen molar-refractivity contribution in [3.8, 4) is 0 Å². The van der Waals surface area contributed by atoms with Crippen molar-refractivity contribution < 1.29 is 9.59 Å². The number of rotatable bonds is 6. The summed E-state index contributed by atoms with van der Waals surface area (Å²) in [6.07, 6.45) is 7.83. The lowest BCUT2D eigenvalue weighted by Gasteiger charge is -2.35. The van der Waals surface area contributed by atoms with E-state index in [0.29, 0.717) is 17.3 Å². The van der Waals surface area contributed by atoms with Crippen molar-refractivity contribution in [1.82, 2.24) is 14.8 Å². The standard InChI is InChI=1S/C19H29N3O2/c1-4-6-12-21(3)18(23)15-10-11-20-17(14-15)19(24)22-13-8-7-9-16(22)5-2/h10-11,14,16H,4-9,12-13H2,1-3H3. The first-order valence-corrected chi connectivity index (χ1v) is 9.11. The maximum Gasteiger partial charge on any atom is 0.272 e. The molecule has 2 rings (SSSR count). The van der Waals surface area contributed by atoms with Crippen molar-refractivity contribution >= 4 is 11.8 Å². The highest BCUT2D eigenvalue weighted by atomic mass is 16.2. The van der Waals surface area contributed by atoms with Crippen LogP contribution in [0.4, 0.5) is 0 Å². The molecule has 1 unspecified atom stereocenters. The highest BCUT2D eigenvalue weighted by molar-refractivity contribution is 5.98. The van der Waals surface area contributed by atoms with Gasteiger partial charge in [-0.05, 0) is 44.2 Å². The van der Waals surface area contributed by atoms with Gasteiger partial charge in [0.15, 0.2) is 0 Å². The van der Waals surface area contributed by atoms with Crippen LogP contribution in [0, 0.1) is 0 Å². The molecule has 5 heteroatoms. The summed E-state index contributed by atoms with van der Waals surface area (Å²) in [6, 6.07) is 3.63. The third-order valence-electron chi connectivity index (χ3n) is 4.78. The maximum absolute atomic E-state index is 12.8. The van der Waals surface area contributed by atoms with E-state index in [9.17, 15) is 9.59 Å². The molecule has 1 fully saturated rings. The number of carbonyl (C=O) groups excluding carboxylic acids is 2. The fourth-order valence-electron chi connectivity index (χ4n) is 3.24. The van der Waals surface area contributed by atoms with Gasteiger partial charge in [0.25, 0.3) is 11.8 Å². The van der Waals surface area contributed by atoms with Gasteiger partial charge in [0.2, 0.25) is 0 Å². The molecule has 5 nitrogen and oxygen atoms in total. The molecule has 1 saturated heterocycles. The molecular weight excluding hydrogens is 302 g/mol. The minimum absolute atomic E-state index is 0.0487. The van der Waals surface area contributed by atoms with Crippen molar-refractivity contribution in [3.63, 3.8) is 0 Å².